The minimum Gasteiger partial charge on any atom is -0.756 e. The van der Waals surface area contributed by atoms with Gasteiger partial charge in [-0.05, 0) is 19.3 Å². The van der Waals surface area contributed by atoms with Crippen LogP contribution in [0.25, 0.3) is 0 Å². The van der Waals surface area contributed by atoms with Crippen molar-refractivity contribution in [3.8, 4) is 0 Å². The monoisotopic (exact) mass is 561 g/mol. The third-order valence-electron chi connectivity index (χ3n) is 6.22. The summed E-state index contributed by atoms with van der Waals surface area (Å²) in [6.45, 7) is 1.40. The first-order chi connectivity index (χ1) is 17.6. The molecule has 0 saturated carbocycles. The lowest BCUT2D eigenvalue weighted by atomic mass is 9.97. The first-order valence-electron chi connectivity index (χ1n) is 12.3. The minimum absolute atomic E-state index is 0.172. The van der Waals surface area contributed by atoms with Gasteiger partial charge < -0.3 is 54.3 Å². The number of halogens is 1. The lowest BCUT2D eigenvalue weighted by Crippen LogP contribution is -2.64. The molecule has 2 heterocycles. The molecular formula is C22H39FO13P-. The highest BCUT2D eigenvalue weighted by Gasteiger charge is 2.51. The molecule has 0 spiro atoms. The van der Waals surface area contributed by atoms with Crippen LogP contribution in [0.15, 0.2) is 12.7 Å². The van der Waals surface area contributed by atoms with Gasteiger partial charge in [-0.15, -0.1) is 6.58 Å². The number of alkyl halides is 1. The third-order valence-corrected chi connectivity index (χ3v) is 7.18. The summed E-state index contributed by atoms with van der Waals surface area (Å²) in [4.78, 5) is 12.2. The summed E-state index contributed by atoms with van der Waals surface area (Å²) < 4.78 is 51.0. The Balaban J connectivity index is 1.87. The van der Waals surface area contributed by atoms with E-state index >= 15 is 0 Å². The summed E-state index contributed by atoms with van der Waals surface area (Å²) in [6.07, 6.45) is -9.89. The summed E-state index contributed by atoms with van der Waals surface area (Å²) >= 11 is 0. The summed E-state index contributed by atoms with van der Waals surface area (Å²) in [7, 11) is -5.00. The SMILES string of the molecule is C=CCCCCCCCCOP(=O)([O-])O[C@H]1O[C@H](CF)[C@@H](O[C@@H]2O[C@H](CO)[C@H](O)[C@H](O)[C@H]2O)[C@H](O)[C@@H]1O. The summed E-state index contributed by atoms with van der Waals surface area (Å²) in [5.74, 6) is 0. The van der Waals surface area contributed by atoms with Crippen molar-refractivity contribution in [2.24, 2.45) is 0 Å². The number of hydrogen-bond acceptors (Lipinski definition) is 13. The van der Waals surface area contributed by atoms with Crippen molar-refractivity contribution in [3.05, 3.63) is 12.7 Å². The maximum absolute atomic E-state index is 13.7. The van der Waals surface area contributed by atoms with E-state index in [-0.39, 0.29) is 6.61 Å². The molecule has 0 radical (unpaired) electrons. The van der Waals surface area contributed by atoms with Crippen molar-refractivity contribution in [1.82, 2.24) is 0 Å². The van der Waals surface area contributed by atoms with E-state index in [0.717, 1.165) is 38.5 Å². The van der Waals surface area contributed by atoms with Gasteiger partial charge in [-0.1, -0.05) is 31.8 Å². The molecule has 15 heteroatoms. The van der Waals surface area contributed by atoms with Crippen LogP contribution >= 0.6 is 7.82 Å². The Hall–Kier alpha value is -0.580. The molecule has 2 aliphatic heterocycles. The zero-order valence-corrected chi connectivity index (χ0v) is 21.4. The number of aliphatic hydroxyl groups excluding tert-OH is 6. The zero-order chi connectivity index (χ0) is 27.6. The van der Waals surface area contributed by atoms with Crippen molar-refractivity contribution in [1.29, 1.82) is 0 Å². The van der Waals surface area contributed by atoms with Gasteiger partial charge >= 0.3 is 0 Å². The average molecular weight is 562 g/mol. The number of allylic oxidation sites excluding steroid dienone is 1. The standard InChI is InChI=1S/C22H40FO13P/c1-2-3-4-5-6-7-8-9-10-32-37(30,31)36-22-19(29)17(27)20(13(11-23)33-22)35-21-18(28)16(26)15(25)14(12-24)34-21/h2,13-22,24-29H,1,3-12H2,(H,30,31)/p-1/t13-,14-,15+,16+,17-,18-,19+,20-,21+,22-/m1/s1. The van der Waals surface area contributed by atoms with Crippen molar-refractivity contribution in [3.63, 3.8) is 0 Å². The molecule has 1 unspecified atom stereocenters. The first kappa shape index (κ1) is 32.6. The molecule has 0 aliphatic carbocycles. The van der Waals surface area contributed by atoms with Crippen LogP contribution in [0, 0.1) is 0 Å². The molecule has 0 amide bonds. The first-order valence-corrected chi connectivity index (χ1v) is 13.8. The molecule has 2 fully saturated rings. The number of aliphatic hydroxyl groups is 6. The number of phosphoric ester groups is 1. The van der Waals surface area contributed by atoms with E-state index in [0.29, 0.717) is 6.42 Å². The number of rotatable bonds is 16. The minimum atomic E-state index is -5.00. The van der Waals surface area contributed by atoms with Gasteiger partial charge in [0.05, 0.1) is 13.2 Å². The molecule has 2 rings (SSSR count). The van der Waals surface area contributed by atoms with Crippen molar-refractivity contribution in [2.45, 2.75) is 106 Å². The molecule has 0 bridgehead atoms. The third kappa shape index (κ3) is 9.53. The number of phosphoric acid groups is 1. The highest BCUT2D eigenvalue weighted by Crippen LogP contribution is 2.43. The predicted octanol–water partition coefficient (Wildman–Crippen LogP) is -0.994. The van der Waals surface area contributed by atoms with Crippen LogP contribution in [0.3, 0.4) is 0 Å². The maximum Gasteiger partial charge on any atom is 0.270 e. The lowest BCUT2D eigenvalue weighted by Gasteiger charge is -2.46. The van der Waals surface area contributed by atoms with E-state index in [9.17, 15) is 44.5 Å². The largest absolute Gasteiger partial charge is 0.756 e. The van der Waals surface area contributed by atoms with Gasteiger partial charge in [0.25, 0.3) is 7.82 Å². The number of unbranched alkanes of at least 4 members (excludes halogenated alkanes) is 6. The van der Waals surface area contributed by atoms with Gasteiger partial charge in [0, 0.05) is 0 Å². The van der Waals surface area contributed by atoms with Crippen molar-refractivity contribution in [2.75, 3.05) is 19.9 Å². The average Bonchev–Trinajstić information content (AvgIpc) is 2.87. The Kier molecular flexibility index (Phi) is 14.0. The Morgan fingerprint density at radius 3 is 2.08 bits per heavy atom. The van der Waals surface area contributed by atoms with Gasteiger partial charge in [0.2, 0.25) is 0 Å². The smallest absolute Gasteiger partial charge is 0.270 e. The lowest BCUT2D eigenvalue weighted by molar-refractivity contribution is -0.356. The summed E-state index contributed by atoms with van der Waals surface area (Å²) in [5.41, 5.74) is 0. The number of hydrogen-bond donors (Lipinski definition) is 6. The highest BCUT2D eigenvalue weighted by molar-refractivity contribution is 7.45. The Labute approximate surface area is 215 Å². The van der Waals surface area contributed by atoms with Crippen LogP contribution in [-0.4, -0.2) is 112 Å². The van der Waals surface area contributed by atoms with Crippen molar-refractivity contribution >= 4 is 7.82 Å². The molecular weight excluding hydrogens is 522 g/mol. The maximum atomic E-state index is 13.7. The topological polar surface area (TPSA) is 208 Å². The molecule has 0 aromatic carbocycles. The fraction of sp³-hybridized carbons (Fsp3) is 0.909. The predicted molar refractivity (Wildman–Crippen MR) is 122 cm³/mol. The highest BCUT2D eigenvalue weighted by atomic mass is 31.2. The van der Waals surface area contributed by atoms with E-state index in [1.165, 1.54) is 0 Å². The molecule has 218 valence electrons. The van der Waals surface area contributed by atoms with Gasteiger partial charge in [0.1, 0.15) is 55.5 Å². The summed E-state index contributed by atoms with van der Waals surface area (Å²) in [5, 5.41) is 59.9. The Morgan fingerprint density at radius 1 is 0.865 bits per heavy atom. The van der Waals surface area contributed by atoms with E-state index in [4.69, 9.17) is 23.3 Å². The molecule has 13 nitrogen and oxygen atoms in total. The van der Waals surface area contributed by atoms with E-state index in [1.807, 2.05) is 6.08 Å². The van der Waals surface area contributed by atoms with Crippen molar-refractivity contribution < 1.29 is 67.7 Å². The molecule has 2 saturated heterocycles. The molecule has 0 aromatic rings. The van der Waals surface area contributed by atoms with Gasteiger partial charge in [0.15, 0.2) is 12.6 Å². The fourth-order valence-electron chi connectivity index (χ4n) is 4.05. The Bertz CT molecular complexity index is 714. The van der Waals surface area contributed by atoms with Gasteiger partial charge in [-0.2, -0.15) is 0 Å². The van der Waals surface area contributed by atoms with E-state index in [2.05, 4.69) is 6.58 Å². The molecule has 11 atom stereocenters. The second-order valence-corrected chi connectivity index (χ2v) is 10.4. The van der Waals surface area contributed by atoms with Crippen LogP contribution in [0.4, 0.5) is 4.39 Å². The van der Waals surface area contributed by atoms with E-state index in [1.54, 1.807) is 0 Å². The van der Waals surface area contributed by atoms with Crippen LogP contribution in [0.1, 0.15) is 44.9 Å². The molecule has 37 heavy (non-hydrogen) atoms. The fourth-order valence-corrected chi connectivity index (χ4v) is 4.89. The normalized spacial score (nSPS) is 38.3. The molecule has 2 aliphatic rings. The van der Waals surface area contributed by atoms with Crippen LogP contribution in [0.2, 0.25) is 0 Å². The van der Waals surface area contributed by atoms with Gasteiger partial charge in [-0.3, -0.25) is 9.09 Å². The Morgan fingerprint density at radius 2 is 1.46 bits per heavy atom. The molecule has 6 N–H and O–H groups in total. The van der Waals surface area contributed by atoms with E-state index < -0.39 is 82.5 Å². The second-order valence-electron chi connectivity index (χ2n) is 9.06. The second kappa shape index (κ2) is 15.9. The van der Waals surface area contributed by atoms with Crippen LogP contribution in [-0.2, 0) is 27.8 Å². The summed E-state index contributed by atoms with van der Waals surface area (Å²) in [6, 6.07) is 0. The van der Waals surface area contributed by atoms with Crippen LogP contribution in [0.5, 0.6) is 0 Å². The zero-order valence-electron chi connectivity index (χ0n) is 20.5. The van der Waals surface area contributed by atoms with Gasteiger partial charge in [-0.25, -0.2) is 4.39 Å². The van der Waals surface area contributed by atoms with Crippen LogP contribution < -0.4 is 4.89 Å². The quantitative estimate of drug-likeness (QED) is 0.0761. The molecule has 0 aromatic heterocycles. The number of ether oxygens (including phenoxy) is 3.